The second-order valence-corrected chi connectivity index (χ2v) is 4.50. The third kappa shape index (κ3) is 2.33. The molecule has 92 valence electrons. The van der Waals surface area contributed by atoms with E-state index >= 15 is 0 Å². The van der Waals surface area contributed by atoms with Crippen molar-refractivity contribution >= 4 is 34.7 Å². The van der Waals surface area contributed by atoms with Crippen molar-refractivity contribution < 1.29 is 9.18 Å². The molecule has 0 spiro atoms. The summed E-state index contributed by atoms with van der Waals surface area (Å²) in [6.45, 7) is 0. The number of ketones is 1. The number of nitrogen functional groups attached to an aromatic ring is 1. The molecule has 0 amide bonds. The second-order valence-electron chi connectivity index (χ2n) is 3.66. The van der Waals surface area contributed by atoms with E-state index in [1.54, 1.807) is 6.07 Å². The summed E-state index contributed by atoms with van der Waals surface area (Å²) in [6.07, 6.45) is 0. The van der Waals surface area contributed by atoms with Gasteiger partial charge in [0.15, 0.2) is 5.78 Å². The molecule has 0 aliphatic carbocycles. The van der Waals surface area contributed by atoms with Crippen LogP contribution in [0.4, 0.5) is 10.1 Å². The fourth-order valence-corrected chi connectivity index (χ4v) is 2.00. The van der Waals surface area contributed by atoms with E-state index < -0.39 is 11.6 Å². The van der Waals surface area contributed by atoms with Crippen LogP contribution in [0.15, 0.2) is 36.4 Å². The third-order valence-corrected chi connectivity index (χ3v) is 3.00. The predicted molar refractivity (Wildman–Crippen MR) is 70.7 cm³/mol. The number of hydrogen-bond acceptors (Lipinski definition) is 2. The highest BCUT2D eigenvalue weighted by Crippen LogP contribution is 2.26. The molecule has 0 fully saturated rings. The van der Waals surface area contributed by atoms with Gasteiger partial charge in [0.05, 0.1) is 10.6 Å². The first kappa shape index (κ1) is 12.9. The van der Waals surface area contributed by atoms with Crippen molar-refractivity contribution in [1.29, 1.82) is 0 Å². The van der Waals surface area contributed by atoms with Crippen molar-refractivity contribution in [3.63, 3.8) is 0 Å². The van der Waals surface area contributed by atoms with Gasteiger partial charge < -0.3 is 5.73 Å². The van der Waals surface area contributed by atoms with Gasteiger partial charge in [0.2, 0.25) is 0 Å². The Morgan fingerprint density at radius 1 is 1.17 bits per heavy atom. The fraction of sp³-hybridized carbons (Fsp3) is 0. The van der Waals surface area contributed by atoms with E-state index in [-0.39, 0.29) is 21.8 Å². The van der Waals surface area contributed by atoms with Crippen molar-refractivity contribution in [3.8, 4) is 0 Å². The van der Waals surface area contributed by atoms with Gasteiger partial charge in [-0.25, -0.2) is 4.39 Å². The first-order valence-electron chi connectivity index (χ1n) is 5.04. The Kier molecular flexibility index (Phi) is 3.55. The summed E-state index contributed by atoms with van der Waals surface area (Å²) in [6, 6.07) is 8.47. The molecule has 2 aromatic rings. The maximum Gasteiger partial charge on any atom is 0.199 e. The van der Waals surface area contributed by atoms with Crippen molar-refractivity contribution in [2.75, 3.05) is 5.73 Å². The van der Waals surface area contributed by atoms with E-state index in [4.69, 9.17) is 28.9 Å². The predicted octanol–water partition coefficient (Wildman–Crippen LogP) is 3.95. The zero-order chi connectivity index (χ0) is 13.3. The standard InChI is InChI=1S/C13H8Cl2FNO/c14-7-4-5-11(17)8(6-7)13(18)12-9(15)2-1-3-10(12)16/h1-6H,17H2. The summed E-state index contributed by atoms with van der Waals surface area (Å²) in [5, 5.41) is 0.388. The summed E-state index contributed by atoms with van der Waals surface area (Å²) in [7, 11) is 0. The minimum Gasteiger partial charge on any atom is -0.398 e. The number of carbonyl (C=O) groups excluding carboxylic acids is 1. The first-order valence-corrected chi connectivity index (χ1v) is 5.80. The van der Waals surface area contributed by atoms with Gasteiger partial charge in [-0.3, -0.25) is 4.79 Å². The van der Waals surface area contributed by atoms with E-state index in [9.17, 15) is 9.18 Å². The Labute approximate surface area is 113 Å². The fourth-order valence-electron chi connectivity index (χ4n) is 1.57. The molecule has 0 aromatic heterocycles. The van der Waals surface area contributed by atoms with Crippen LogP contribution in [0.2, 0.25) is 10.0 Å². The van der Waals surface area contributed by atoms with Gasteiger partial charge in [-0.15, -0.1) is 0 Å². The largest absolute Gasteiger partial charge is 0.398 e. The SMILES string of the molecule is Nc1ccc(Cl)cc1C(=O)c1c(F)cccc1Cl. The summed E-state index contributed by atoms with van der Waals surface area (Å²) >= 11 is 11.6. The zero-order valence-electron chi connectivity index (χ0n) is 9.08. The van der Waals surface area contributed by atoms with Gasteiger partial charge in [-0.05, 0) is 30.3 Å². The minimum absolute atomic E-state index is 0.0411. The number of carbonyl (C=O) groups is 1. The monoisotopic (exact) mass is 283 g/mol. The molecule has 18 heavy (non-hydrogen) atoms. The number of benzene rings is 2. The van der Waals surface area contributed by atoms with E-state index in [0.717, 1.165) is 0 Å². The normalized spacial score (nSPS) is 10.4. The summed E-state index contributed by atoms with van der Waals surface area (Å²) in [5.41, 5.74) is 5.84. The van der Waals surface area contributed by atoms with Gasteiger partial charge in [-0.1, -0.05) is 29.3 Å². The highest BCUT2D eigenvalue weighted by atomic mass is 35.5. The second kappa shape index (κ2) is 4.96. The lowest BCUT2D eigenvalue weighted by molar-refractivity contribution is 0.103. The van der Waals surface area contributed by atoms with Gasteiger partial charge >= 0.3 is 0 Å². The number of rotatable bonds is 2. The van der Waals surface area contributed by atoms with Crippen LogP contribution in [0, 0.1) is 5.82 Å². The molecule has 0 atom stereocenters. The van der Waals surface area contributed by atoms with E-state index in [1.165, 1.54) is 30.3 Å². The molecule has 2 aromatic carbocycles. The maximum atomic E-state index is 13.6. The van der Waals surface area contributed by atoms with E-state index in [1.807, 2.05) is 0 Å². The van der Waals surface area contributed by atoms with Gasteiger partial charge in [-0.2, -0.15) is 0 Å². The van der Waals surface area contributed by atoms with Crippen molar-refractivity contribution in [2.24, 2.45) is 0 Å². The first-order chi connectivity index (χ1) is 8.50. The molecule has 0 heterocycles. The third-order valence-electron chi connectivity index (χ3n) is 2.45. The average molecular weight is 284 g/mol. The van der Waals surface area contributed by atoms with Crippen LogP contribution in [0.1, 0.15) is 15.9 Å². The molecule has 0 aliphatic rings. The van der Waals surface area contributed by atoms with Crippen molar-refractivity contribution in [2.45, 2.75) is 0 Å². The highest BCUT2D eigenvalue weighted by Gasteiger charge is 2.19. The Morgan fingerprint density at radius 3 is 2.56 bits per heavy atom. The molecule has 0 unspecified atom stereocenters. The molecular formula is C13H8Cl2FNO. The molecule has 0 aliphatic heterocycles. The lowest BCUT2D eigenvalue weighted by Gasteiger charge is -2.07. The number of nitrogens with two attached hydrogens (primary N) is 1. The summed E-state index contributed by atoms with van der Waals surface area (Å²) in [5.74, 6) is -1.27. The van der Waals surface area contributed by atoms with Crippen molar-refractivity contribution in [1.82, 2.24) is 0 Å². The molecule has 2 rings (SSSR count). The highest BCUT2D eigenvalue weighted by molar-refractivity contribution is 6.35. The number of anilines is 1. The Hall–Kier alpha value is -1.58. The smallest absolute Gasteiger partial charge is 0.199 e. The van der Waals surface area contributed by atoms with Gasteiger partial charge in [0.25, 0.3) is 0 Å². The lowest BCUT2D eigenvalue weighted by Crippen LogP contribution is -2.08. The Balaban J connectivity index is 2.58. The summed E-state index contributed by atoms with van der Waals surface area (Å²) < 4.78 is 13.6. The van der Waals surface area contributed by atoms with Crippen molar-refractivity contribution in [3.05, 3.63) is 63.4 Å². The van der Waals surface area contributed by atoms with E-state index in [2.05, 4.69) is 0 Å². The zero-order valence-corrected chi connectivity index (χ0v) is 10.6. The molecule has 0 saturated heterocycles. The number of hydrogen-bond donors (Lipinski definition) is 1. The molecule has 0 bridgehead atoms. The van der Waals surface area contributed by atoms with Gasteiger partial charge in [0.1, 0.15) is 5.82 Å². The van der Waals surface area contributed by atoms with Crippen LogP contribution in [0.25, 0.3) is 0 Å². The molecule has 0 radical (unpaired) electrons. The van der Waals surface area contributed by atoms with Crippen LogP contribution in [-0.2, 0) is 0 Å². The van der Waals surface area contributed by atoms with Crippen LogP contribution in [-0.4, -0.2) is 5.78 Å². The minimum atomic E-state index is -0.688. The lowest BCUT2D eigenvalue weighted by atomic mass is 10.0. The van der Waals surface area contributed by atoms with E-state index in [0.29, 0.717) is 5.02 Å². The van der Waals surface area contributed by atoms with Crippen LogP contribution < -0.4 is 5.73 Å². The Bertz CT molecular complexity index is 608. The van der Waals surface area contributed by atoms with Crippen LogP contribution >= 0.6 is 23.2 Å². The topological polar surface area (TPSA) is 43.1 Å². The Morgan fingerprint density at radius 2 is 1.89 bits per heavy atom. The van der Waals surface area contributed by atoms with Gasteiger partial charge in [0, 0.05) is 16.3 Å². The number of halogens is 3. The van der Waals surface area contributed by atoms with Crippen LogP contribution in [0.3, 0.4) is 0 Å². The molecule has 2 nitrogen and oxygen atoms in total. The average Bonchev–Trinajstić information content (AvgIpc) is 2.32. The molecule has 0 saturated carbocycles. The molecule has 5 heteroatoms. The summed E-state index contributed by atoms with van der Waals surface area (Å²) in [4.78, 5) is 12.2. The molecular weight excluding hydrogens is 276 g/mol. The molecule has 2 N–H and O–H groups in total. The maximum absolute atomic E-state index is 13.6. The quantitative estimate of drug-likeness (QED) is 0.670. The van der Waals surface area contributed by atoms with Crippen LogP contribution in [0.5, 0.6) is 0 Å².